The summed E-state index contributed by atoms with van der Waals surface area (Å²) in [6.07, 6.45) is 0. The third-order valence-corrected chi connectivity index (χ3v) is 1.96. The molecule has 0 saturated carbocycles. The molecule has 0 radical (unpaired) electrons. The van der Waals surface area contributed by atoms with E-state index in [-0.39, 0.29) is 27.2 Å². The van der Waals surface area contributed by atoms with Gasteiger partial charge in [-0.3, -0.25) is 10.4 Å². The van der Waals surface area contributed by atoms with E-state index in [2.05, 4.69) is 0 Å². The highest BCUT2D eigenvalue weighted by molar-refractivity contribution is 6.33. The summed E-state index contributed by atoms with van der Waals surface area (Å²) in [5.74, 6) is -1.63. The second-order valence-corrected chi connectivity index (χ2v) is 2.99. The van der Waals surface area contributed by atoms with Crippen molar-refractivity contribution >= 4 is 23.3 Å². The number of carboxylic acids is 1. The smallest absolute Gasteiger partial charge is 0.146 e. The van der Waals surface area contributed by atoms with Crippen LogP contribution in [0, 0.1) is 0 Å². The van der Waals surface area contributed by atoms with Gasteiger partial charge in [-0.25, -0.2) is 0 Å². The van der Waals surface area contributed by atoms with Gasteiger partial charge < -0.3 is 14.6 Å². The number of carbonyl (C=O) groups is 1. The van der Waals surface area contributed by atoms with Gasteiger partial charge in [-0.2, -0.15) is 0 Å². The van der Waals surface area contributed by atoms with Crippen molar-refractivity contribution in [3.63, 3.8) is 0 Å². The molecule has 0 spiro atoms. The first-order chi connectivity index (χ1) is 6.97. The van der Waals surface area contributed by atoms with Gasteiger partial charge in [0, 0.05) is 5.56 Å². The standard InChI is InChI=1S/C8H8ClNO5/c1-15-7-5(8(11)12)2-4(10(13)14)3-6(7)9/h2-3,13-14H,1H3,(H,11,12)/p-1. The van der Waals surface area contributed by atoms with Gasteiger partial charge in [0.05, 0.1) is 23.8 Å². The highest BCUT2D eigenvalue weighted by Crippen LogP contribution is 2.32. The maximum Gasteiger partial charge on any atom is 0.146 e. The minimum Gasteiger partial charge on any atom is -0.545 e. The molecule has 15 heavy (non-hydrogen) atoms. The summed E-state index contributed by atoms with van der Waals surface area (Å²) in [6, 6.07) is 2.09. The zero-order chi connectivity index (χ0) is 11.6. The first kappa shape index (κ1) is 11.6. The number of methoxy groups -OCH3 is 1. The second-order valence-electron chi connectivity index (χ2n) is 2.59. The molecule has 1 aromatic carbocycles. The molecule has 1 rings (SSSR count). The van der Waals surface area contributed by atoms with Crippen molar-refractivity contribution in [2.24, 2.45) is 0 Å². The van der Waals surface area contributed by atoms with Gasteiger partial charge in [0.1, 0.15) is 5.75 Å². The number of rotatable bonds is 3. The van der Waals surface area contributed by atoms with Crippen LogP contribution in [0.25, 0.3) is 0 Å². The molecule has 0 aliphatic carbocycles. The number of ether oxygens (including phenoxy) is 1. The van der Waals surface area contributed by atoms with Crippen LogP contribution in [-0.2, 0) is 0 Å². The van der Waals surface area contributed by atoms with E-state index in [1.165, 1.54) is 7.11 Å². The molecule has 0 bridgehead atoms. The maximum absolute atomic E-state index is 10.7. The van der Waals surface area contributed by atoms with Crippen molar-refractivity contribution in [2.75, 3.05) is 12.3 Å². The largest absolute Gasteiger partial charge is 0.545 e. The second kappa shape index (κ2) is 4.35. The predicted molar refractivity (Wildman–Crippen MR) is 48.4 cm³/mol. The van der Waals surface area contributed by atoms with Crippen molar-refractivity contribution in [2.45, 2.75) is 0 Å². The van der Waals surface area contributed by atoms with Crippen molar-refractivity contribution in [3.05, 3.63) is 22.7 Å². The zero-order valence-corrected chi connectivity index (χ0v) is 8.35. The normalized spacial score (nSPS) is 9.87. The Balaban J connectivity index is 3.38. The molecule has 82 valence electrons. The van der Waals surface area contributed by atoms with E-state index in [1.807, 2.05) is 0 Å². The van der Waals surface area contributed by atoms with Gasteiger partial charge in [0.2, 0.25) is 0 Å². The summed E-state index contributed by atoms with van der Waals surface area (Å²) < 4.78 is 4.74. The van der Waals surface area contributed by atoms with Crippen molar-refractivity contribution < 1.29 is 25.1 Å². The third kappa shape index (κ3) is 2.30. The van der Waals surface area contributed by atoms with E-state index >= 15 is 0 Å². The summed E-state index contributed by atoms with van der Waals surface area (Å²) in [6.45, 7) is 0. The number of carboxylic acid groups (broad SMARTS) is 1. The Labute approximate surface area is 89.8 Å². The van der Waals surface area contributed by atoms with Crippen LogP contribution in [-0.4, -0.2) is 23.5 Å². The topological polar surface area (TPSA) is 93.1 Å². The van der Waals surface area contributed by atoms with Crippen LogP contribution < -0.4 is 15.1 Å². The van der Waals surface area contributed by atoms with Crippen LogP contribution in [0.2, 0.25) is 5.02 Å². The summed E-state index contributed by atoms with van der Waals surface area (Å²) in [5.41, 5.74) is -0.576. The number of halogens is 1. The van der Waals surface area contributed by atoms with E-state index in [4.69, 9.17) is 26.8 Å². The molecular weight excluding hydrogens is 226 g/mol. The van der Waals surface area contributed by atoms with Crippen LogP contribution >= 0.6 is 11.6 Å². The molecule has 6 nitrogen and oxygen atoms in total. The Bertz CT molecular complexity index is 393. The highest BCUT2D eigenvalue weighted by Gasteiger charge is 2.13. The Morgan fingerprint density at radius 2 is 2.13 bits per heavy atom. The molecule has 0 amide bonds. The average molecular weight is 233 g/mol. The van der Waals surface area contributed by atoms with E-state index < -0.39 is 5.97 Å². The van der Waals surface area contributed by atoms with Gasteiger partial charge in [-0.05, 0) is 12.1 Å². The molecule has 1 aromatic rings. The lowest BCUT2D eigenvalue weighted by Crippen LogP contribution is -2.24. The molecule has 7 heteroatoms. The molecule has 0 aliphatic rings. The lowest BCUT2D eigenvalue weighted by Gasteiger charge is -2.15. The molecule has 2 N–H and O–H groups in total. The van der Waals surface area contributed by atoms with E-state index in [0.717, 1.165) is 12.1 Å². The van der Waals surface area contributed by atoms with Gasteiger partial charge >= 0.3 is 0 Å². The predicted octanol–water partition coefficient (Wildman–Crippen LogP) is 0.297. The number of nitrogens with zero attached hydrogens (tertiary/aromatic N) is 1. The molecule has 0 aromatic heterocycles. The number of carbonyl (C=O) groups excluding carboxylic acids is 1. The molecule has 0 atom stereocenters. The quantitative estimate of drug-likeness (QED) is 0.728. The lowest BCUT2D eigenvalue weighted by molar-refractivity contribution is -0.255. The Morgan fingerprint density at radius 3 is 2.53 bits per heavy atom. The van der Waals surface area contributed by atoms with Crippen LogP contribution in [0.3, 0.4) is 0 Å². The molecule has 0 saturated heterocycles. The molecular formula is C8H7ClNO5-. The summed E-state index contributed by atoms with van der Waals surface area (Å²) >= 11 is 5.66. The number of aromatic carboxylic acids is 1. The van der Waals surface area contributed by atoms with Gasteiger partial charge in [0.15, 0.2) is 0 Å². The molecule has 0 unspecified atom stereocenters. The maximum atomic E-state index is 10.7. The summed E-state index contributed by atoms with van der Waals surface area (Å²) in [7, 11) is 1.24. The fraction of sp³-hybridized carbons (Fsp3) is 0.125. The highest BCUT2D eigenvalue weighted by atomic mass is 35.5. The molecule has 0 aliphatic heterocycles. The zero-order valence-electron chi connectivity index (χ0n) is 7.60. The number of hydrogen-bond donors (Lipinski definition) is 2. The number of hydrogen-bond acceptors (Lipinski definition) is 6. The van der Waals surface area contributed by atoms with Gasteiger partial charge in [-0.1, -0.05) is 11.6 Å². The van der Waals surface area contributed by atoms with Gasteiger partial charge in [-0.15, -0.1) is 5.23 Å². The SMILES string of the molecule is COc1c(Cl)cc(N(O)O)cc1C(=O)[O-]. The van der Waals surface area contributed by atoms with Gasteiger partial charge in [0.25, 0.3) is 0 Å². The Morgan fingerprint density at radius 1 is 1.53 bits per heavy atom. The van der Waals surface area contributed by atoms with E-state index in [0.29, 0.717) is 0 Å². The van der Waals surface area contributed by atoms with Crippen LogP contribution in [0.4, 0.5) is 5.69 Å². The fourth-order valence-corrected chi connectivity index (χ4v) is 1.34. The fourth-order valence-electron chi connectivity index (χ4n) is 1.05. The number of anilines is 1. The summed E-state index contributed by atoms with van der Waals surface area (Å²) in [4.78, 5) is 10.7. The minimum atomic E-state index is -1.53. The van der Waals surface area contributed by atoms with Crippen LogP contribution in [0.5, 0.6) is 5.75 Å². The van der Waals surface area contributed by atoms with Crippen molar-refractivity contribution in [3.8, 4) is 5.75 Å². The first-order valence-corrected chi connectivity index (χ1v) is 4.12. The Hall–Kier alpha value is -1.50. The van der Waals surface area contributed by atoms with Crippen molar-refractivity contribution in [1.29, 1.82) is 0 Å². The number of benzene rings is 1. The van der Waals surface area contributed by atoms with Crippen molar-refractivity contribution in [1.82, 2.24) is 0 Å². The first-order valence-electron chi connectivity index (χ1n) is 3.74. The minimum absolute atomic E-state index is 0.0673. The Kier molecular flexibility index (Phi) is 3.35. The van der Waals surface area contributed by atoms with Crippen LogP contribution in [0.15, 0.2) is 12.1 Å². The van der Waals surface area contributed by atoms with Crippen LogP contribution in [0.1, 0.15) is 10.4 Å². The van der Waals surface area contributed by atoms with E-state index in [9.17, 15) is 9.90 Å². The monoisotopic (exact) mass is 232 g/mol. The third-order valence-electron chi connectivity index (χ3n) is 1.68. The molecule has 0 fully saturated rings. The van der Waals surface area contributed by atoms with E-state index in [1.54, 1.807) is 0 Å². The summed E-state index contributed by atoms with van der Waals surface area (Å²) in [5, 5.41) is 27.7. The molecule has 0 heterocycles. The average Bonchev–Trinajstić information content (AvgIpc) is 2.16. The lowest BCUT2D eigenvalue weighted by atomic mass is 10.2.